The van der Waals surface area contributed by atoms with Crippen LogP contribution in [0.2, 0.25) is 0 Å². The van der Waals surface area contributed by atoms with E-state index in [-0.39, 0.29) is 0 Å². The summed E-state index contributed by atoms with van der Waals surface area (Å²) in [6.07, 6.45) is 10.8. The van der Waals surface area contributed by atoms with E-state index in [1.807, 2.05) is 12.1 Å². The minimum Gasteiger partial charge on any atom is -0.204 e. The lowest BCUT2D eigenvalue weighted by Crippen LogP contribution is -2.00. The van der Waals surface area contributed by atoms with Gasteiger partial charge in [0.1, 0.15) is 0 Å². The summed E-state index contributed by atoms with van der Waals surface area (Å²) in [5.41, 5.74) is 2.41. The number of fused-ring (bicyclic) bond motifs is 1. The van der Waals surface area contributed by atoms with Crippen molar-refractivity contribution in [3.05, 3.63) is 59.4 Å². The molecule has 0 bridgehead atoms. The van der Waals surface area contributed by atoms with Crippen LogP contribution in [0.4, 0.5) is 13.2 Å². The molecule has 0 heterocycles. The molecule has 0 radical (unpaired) electrons. The molecule has 2 saturated carbocycles. The number of hydrogen-bond acceptors (Lipinski definition) is 0. The van der Waals surface area contributed by atoms with Crippen molar-refractivity contribution in [1.29, 1.82) is 0 Å². The topological polar surface area (TPSA) is 0 Å². The highest BCUT2D eigenvalue weighted by atomic mass is 19.2. The Labute approximate surface area is 166 Å². The highest BCUT2D eigenvalue weighted by Gasteiger charge is 2.54. The Balaban J connectivity index is 1.31. The third-order valence-electron chi connectivity index (χ3n) is 6.96. The molecule has 2 unspecified atom stereocenters. The van der Waals surface area contributed by atoms with Crippen LogP contribution in [-0.2, 0) is 0 Å². The summed E-state index contributed by atoms with van der Waals surface area (Å²) in [4.78, 5) is 0. The van der Waals surface area contributed by atoms with Gasteiger partial charge in [0.05, 0.1) is 0 Å². The van der Waals surface area contributed by atoms with Crippen LogP contribution in [0.15, 0.2) is 36.4 Å². The molecule has 0 aliphatic heterocycles. The zero-order valence-corrected chi connectivity index (χ0v) is 16.6. The number of unbranched alkanes of at least 4 members (excludes halogenated alkanes) is 4. The van der Waals surface area contributed by atoms with Gasteiger partial charge in [-0.3, -0.25) is 0 Å². The van der Waals surface area contributed by atoms with Crippen molar-refractivity contribution in [3.8, 4) is 11.1 Å². The van der Waals surface area contributed by atoms with Crippen LogP contribution >= 0.6 is 0 Å². The van der Waals surface area contributed by atoms with Gasteiger partial charge < -0.3 is 0 Å². The fraction of sp³-hybridized carbons (Fsp3) is 0.520. The molecule has 0 N–H and O–H groups in total. The van der Waals surface area contributed by atoms with E-state index in [0.29, 0.717) is 11.5 Å². The minimum atomic E-state index is -1.41. The zero-order valence-electron chi connectivity index (χ0n) is 16.6. The third kappa shape index (κ3) is 3.99. The largest absolute Gasteiger partial charge is 0.204 e. The molecule has 4 rings (SSSR count). The monoisotopic (exact) mass is 386 g/mol. The molecular formula is C25H29F3. The standard InChI is InChI=1S/C25H29F3/c1-2-3-4-5-6-7-20-21-12-18(13-22(20)21)16-8-10-17(11-9-16)19-14-23(26)25(28)24(27)15-19/h8-11,14-15,18,20-22H,2-7,12-13H2,1H3. The second-order valence-corrected chi connectivity index (χ2v) is 8.74. The molecule has 0 saturated heterocycles. The normalized spacial score (nSPS) is 25.7. The maximum atomic E-state index is 13.5. The average molecular weight is 387 g/mol. The molecule has 0 spiro atoms. The Hall–Kier alpha value is -1.77. The number of hydrogen-bond donors (Lipinski definition) is 0. The fourth-order valence-corrected chi connectivity index (χ4v) is 5.33. The number of halogens is 3. The summed E-state index contributed by atoms with van der Waals surface area (Å²) >= 11 is 0. The molecule has 0 nitrogen and oxygen atoms in total. The Morgan fingerprint density at radius 1 is 0.786 bits per heavy atom. The average Bonchev–Trinajstić information content (AvgIpc) is 3.14. The first-order valence-electron chi connectivity index (χ1n) is 10.8. The van der Waals surface area contributed by atoms with Crippen molar-refractivity contribution in [3.63, 3.8) is 0 Å². The maximum Gasteiger partial charge on any atom is 0.194 e. The van der Waals surface area contributed by atoms with E-state index in [1.165, 1.54) is 56.9 Å². The summed E-state index contributed by atoms with van der Waals surface area (Å²) in [5.74, 6) is -0.298. The van der Waals surface area contributed by atoms with Gasteiger partial charge in [0, 0.05) is 0 Å². The zero-order chi connectivity index (χ0) is 19.7. The van der Waals surface area contributed by atoms with E-state index in [2.05, 4.69) is 19.1 Å². The molecule has 2 aliphatic carbocycles. The molecule has 2 fully saturated rings. The first-order valence-corrected chi connectivity index (χ1v) is 10.8. The van der Waals surface area contributed by atoms with Gasteiger partial charge in [0.2, 0.25) is 0 Å². The van der Waals surface area contributed by atoms with Gasteiger partial charge in [0.25, 0.3) is 0 Å². The van der Waals surface area contributed by atoms with Crippen LogP contribution in [0.3, 0.4) is 0 Å². The molecule has 3 heteroatoms. The van der Waals surface area contributed by atoms with E-state index < -0.39 is 17.5 Å². The quantitative estimate of drug-likeness (QED) is 0.320. The first-order chi connectivity index (χ1) is 13.6. The first kappa shape index (κ1) is 19.5. The molecule has 0 aromatic heterocycles. The second-order valence-electron chi connectivity index (χ2n) is 8.74. The molecule has 0 amide bonds. The van der Waals surface area contributed by atoms with Crippen molar-refractivity contribution in [2.24, 2.45) is 17.8 Å². The highest BCUT2D eigenvalue weighted by molar-refractivity contribution is 5.64. The molecule has 2 aromatic carbocycles. The molecule has 2 aromatic rings. The minimum absolute atomic E-state index is 0.375. The number of benzene rings is 2. The summed E-state index contributed by atoms with van der Waals surface area (Å²) < 4.78 is 40.1. The Bertz CT molecular complexity index is 776. The van der Waals surface area contributed by atoms with Crippen LogP contribution in [-0.4, -0.2) is 0 Å². The smallest absolute Gasteiger partial charge is 0.194 e. The van der Waals surface area contributed by atoms with E-state index in [1.54, 1.807) is 0 Å². The highest BCUT2D eigenvalue weighted by Crippen LogP contribution is 2.63. The van der Waals surface area contributed by atoms with Gasteiger partial charge >= 0.3 is 0 Å². The Morgan fingerprint density at radius 2 is 1.39 bits per heavy atom. The summed E-state index contributed by atoms with van der Waals surface area (Å²) in [6, 6.07) is 10.1. The van der Waals surface area contributed by atoms with Crippen LogP contribution < -0.4 is 0 Å². The van der Waals surface area contributed by atoms with Crippen molar-refractivity contribution >= 4 is 0 Å². The lowest BCUT2D eigenvalue weighted by atomic mass is 9.90. The molecule has 28 heavy (non-hydrogen) atoms. The van der Waals surface area contributed by atoms with E-state index in [0.717, 1.165) is 35.4 Å². The van der Waals surface area contributed by atoms with Crippen LogP contribution in [0.5, 0.6) is 0 Å². The van der Waals surface area contributed by atoms with E-state index >= 15 is 0 Å². The lowest BCUT2D eigenvalue weighted by molar-refractivity contribution is 0.447. The predicted molar refractivity (Wildman–Crippen MR) is 108 cm³/mol. The van der Waals surface area contributed by atoms with Crippen LogP contribution in [0.1, 0.15) is 69.8 Å². The van der Waals surface area contributed by atoms with Crippen molar-refractivity contribution < 1.29 is 13.2 Å². The lowest BCUT2D eigenvalue weighted by Gasteiger charge is -2.15. The molecule has 2 atom stereocenters. The molecule has 2 aliphatic rings. The van der Waals surface area contributed by atoms with Gasteiger partial charge in [-0.2, -0.15) is 0 Å². The SMILES string of the molecule is CCCCCCCC1C2CC(c3ccc(-c4cc(F)c(F)c(F)c4)cc3)CC12. The summed E-state index contributed by atoms with van der Waals surface area (Å²) in [5, 5.41) is 0. The Morgan fingerprint density at radius 3 is 2.00 bits per heavy atom. The molecular weight excluding hydrogens is 357 g/mol. The van der Waals surface area contributed by atoms with Crippen molar-refractivity contribution in [1.82, 2.24) is 0 Å². The van der Waals surface area contributed by atoms with E-state index in [9.17, 15) is 13.2 Å². The van der Waals surface area contributed by atoms with E-state index in [4.69, 9.17) is 0 Å². The van der Waals surface area contributed by atoms with Gasteiger partial charge in [-0.1, -0.05) is 63.3 Å². The van der Waals surface area contributed by atoms with Gasteiger partial charge in [-0.05, 0) is 71.8 Å². The Kier molecular flexibility index (Phi) is 5.80. The summed E-state index contributed by atoms with van der Waals surface area (Å²) in [6.45, 7) is 2.26. The third-order valence-corrected chi connectivity index (χ3v) is 6.96. The molecule has 150 valence electrons. The number of rotatable bonds is 8. The summed E-state index contributed by atoms with van der Waals surface area (Å²) in [7, 11) is 0. The fourth-order valence-electron chi connectivity index (χ4n) is 5.33. The second kappa shape index (κ2) is 8.31. The predicted octanol–water partition coefficient (Wildman–Crippen LogP) is 7.87. The van der Waals surface area contributed by atoms with Gasteiger partial charge in [0.15, 0.2) is 17.5 Å². The van der Waals surface area contributed by atoms with Gasteiger partial charge in [-0.25, -0.2) is 13.2 Å². The van der Waals surface area contributed by atoms with Crippen LogP contribution in [0, 0.1) is 35.2 Å². The van der Waals surface area contributed by atoms with Crippen molar-refractivity contribution in [2.45, 2.75) is 64.2 Å². The van der Waals surface area contributed by atoms with Crippen molar-refractivity contribution in [2.75, 3.05) is 0 Å². The van der Waals surface area contributed by atoms with Gasteiger partial charge in [-0.15, -0.1) is 0 Å². The van der Waals surface area contributed by atoms with Crippen LogP contribution in [0.25, 0.3) is 11.1 Å². The maximum absolute atomic E-state index is 13.5.